The molecule has 8 heteroatoms. The number of halogens is 1. The van der Waals surface area contributed by atoms with Gasteiger partial charge in [0.2, 0.25) is 10.0 Å². The van der Waals surface area contributed by atoms with Gasteiger partial charge in [0, 0.05) is 22.3 Å². The number of nitrogens with zero attached hydrogens (tertiary/aromatic N) is 1. The zero-order chi connectivity index (χ0) is 20.3. The Labute approximate surface area is 179 Å². The lowest BCUT2D eigenvalue weighted by Crippen LogP contribution is -2.35. The minimum atomic E-state index is -3.69. The van der Waals surface area contributed by atoms with E-state index in [2.05, 4.69) is 27.9 Å². The topological polar surface area (TPSA) is 75.7 Å². The Morgan fingerprint density at radius 1 is 1.11 bits per heavy atom. The van der Waals surface area contributed by atoms with E-state index in [1.807, 2.05) is 19.1 Å². The van der Waals surface area contributed by atoms with Crippen LogP contribution in [0.15, 0.2) is 41.3 Å². The maximum absolute atomic E-state index is 13.1. The number of aryl methyl sites for hydroxylation is 1. The second-order valence-corrected chi connectivity index (χ2v) is 9.84. The molecule has 1 amide bonds. The van der Waals surface area contributed by atoms with E-state index < -0.39 is 10.0 Å². The number of piperidine rings is 1. The van der Waals surface area contributed by atoms with Crippen molar-refractivity contribution in [3.8, 4) is 5.75 Å². The Morgan fingerprint density at radius 2 is 1.82 bits per heavy atom. The largest absolute Gasteiger partial charge is 0.495 e. The minimum absolute atomic E-state index is 0.0771. The van der Waals surface area contributed by atoms with Crippen LogP contribution in [0.25, 0.3) is 0 Å². The van der Waals surface area contributed by atoms with Crippen molar-refractivity contribution in [1.29, 1.82) is 0 Å². The number of rotatable bonds is 5. The second kappa shape index (κ2) is 8.79. The summed E-state index contributed by atoms with van der Waals surface area (Å²) in [5.74, 6) is -0.00984. The summed E-state index contributed by atoms with van der Waals surface area (Å²) in [7, 11) is -2.24. The Morgan fingerprint density at radius 3 is 2.46 bits per heavy atom. The Bertz CT molecular complexity index is 986. The number of benzene rings is 2. The van der Waals surface area contributed by atoms with Crippen LogP contribution in [0.3, 0.4) is 0 Å². The van der Waals surface area contributed by atoms with Gasteiger partial charge in [-0.15, -0.1) is 0 Å². The van der Waals surface area contributed by atoms with Crippen molar-refractivity contribution in [2.24, 2.45) is 0 Å². The molecule has 1 aliphatic rings. The van der Waals surface area contributed by atoms with Gasteiger partial charge in [-0.3, -0.25) is 4.79 Å². The molecule has 28 heavy (non-hydrogen) atoms. The van der Waals surface area contributed by atoms with Crippen molar-refractivity contribution >= 4 is 44.2 Å². The smallest absolute Gasteiger partial charge is 0.256 e. The first-order valence-corrected chi connectivity index (χ1v) is 11.6. The second-order valence-electron chi connectivity index (χ2n) is 6.77. The number of hydrogen-bond acceptors (Lipinski definition) is 4. The predicted octanol–water partition coefficient (Wildman–Crippen LogP) is 4.04. The average molecular weight is 514 g/mol. The number of methoxy groups -OCH3 is 1. The molecule has 0 aromatic heterocycles. The quantitative estimate of drug-likeness (QED) is 0.612. The summed E-state index contributed by atoms with van der Waals surface area (Å²) in [6, 6.07) is 10.3. The molecule has 1 aliphatic heterocycles. The molecule has 2 aromatic rings. The highest BCUT2D eigenvalue weighted by Crippen LogP contribution is 2.31. The molecule has 1 heterocycles. The fraction of sp³-hybridized carbons (Fsp3) is 0.350. The van der Waals surface area contributed by atoms with Crippen LogP contribution < -0.4 is 10.1 Å². The minimum Gasteiger partial charge on any atom is -0.495 e. The molecule has 6 nitrogen and oxygen atoms in total. The number of ether oxygens (including phenoxy) is 1. The summed E-state index contributed by atoms with van der Waals surface area (Å²) in [5.41, 5.74) is 2.03. The van der Waals surface area contributed by atoms with Gasteiger partial charge >= 0.3 is 0 Å². The summed E-state index contributed by atoms with van der Waals surface area (Å²) in [6.45, 7) is 2.97. The zero-order valence-corrected chi connectivity index (χ0v) is 18.8. The maximum atomic E-state index is 13.1. The molecule has 0 bridgehead atoms. The summed E-state index contributed by atoms with van der Waals surface area (Å²) in [5, 5.41) is 2.80. The number of nitrogens with one attached hydrogen (secondary N) is 1. The van der Waals surface area contributed by atoms with E-state index in [0.29, 0.717) is 24.3 Å². The van der Waals surface area contributed by atoms with Crippen molar-refractivity contribution in [1.82, 2.24) is 4.31 Å². The van der Waals surface area contributed by atoms with E-state index in [4.69, 9.17) is 4.74 Å². The molecule has 1 saturated heterocycles. The van der Waals surface area contributed by atoms with Crippen molar-refractivity contribution in [3.05, 3.63) is 51.1 Å². The highest BCUT2D eigenvalue weighted by molar-refractivity contribution is 14.1. The van der Waals surface area contributed by atoms with E-state index >= 15 is 0 Å². The monoisotopic (exact) mass is 514 g/mol. The van der Waals surface area contributed by atoms with Gasteiger partial charge < -0.3 is 10.1 Å². The lowest BCUT2D eigenvalue weighted by Gasteiger charge is -2.26. The molecule has 3 rings (SSSR count). The molecule has 0 aliphatic carbocycles. The van der Waals surface area contributed by atoms with Crippen LogP contribution in [-0.4, -0.2) is 38.8 Å². The molecule has 1 fully saturated rings. The summed E-state index contributed by atoms with van der Waals surface area (Å²) >= 11 is 2.12. The molecule has 0 unspecified atom stereocenters. The molecular formula is C20H23IN2O4S. The van der Waals surface area contributed by atoms with Crippen LogP contribution >= 0.6 is 22.6 Å². The van der Waals surface area contributed by atoms with E-state index in [1.54, 1.807) is 18.2 Å². The highest BCUT2D eigenvalue weighted by atomic mass is 127. The predicted molar refractivity (Wildman–Crippen MR) is 117 cm³/mol. The van der Waals surface area contributed by atoms with Crippen LogP contribution in [0.1, 0.15) is 35.2 Å². The van der Waals surface area contributed by atoms with Gasteiger partial charge in [0.05, 0.1) is 12.7 Å². The van der Waals surface area contributed by atoms with Gasteiger partial charge in [-0.2, -0.15) is 4.31 Å². The molecule has 0 atom stereocenters. The van der Waals surface area contributed by atoms with Gasteiger partial charge in [-0.25, -0.2) is 8.42 Å². The summed E-state index contributed by atoms with van der Waals surface area (Å²) in [4.78, 5) is 12.7. The van der Waals surface area contributed by atoms with Gasteiger partial charge in [-0.05, 0) is 72.7 Å². The molecule has 0 radical (unpaired) electrons. The van der Waals surface area contributed by atoms with E-state index in [1.165, 1.54) is 17.5 Å². The fourth-order valence-corrected chi connectivity index (χ4v) is 5.82. The van der Waals surface area contributed by atoms with E-state index in [0.717, 1.165) is 28.4 Å². The standard InChI is InChI=1S/C20H23IN2O4S/c1-14-6-8-16(17(21)12-14)20(24)22-15-7-9-18(27-2)19(13-15)28(25,26)23-10-4-3-5-11-23/h6-9,12-13H,3-5,10-11H2,1-2H3,(H,22,24). The number of carbonyl (C=O) groups is 1. The van der Waals surface area contributed by atoms with Crippen LogP contribution in [-0.2, 0) is 10.0 Å². The zero-order valence-electron chi connectivity index (χ0n) is 15.9. The van der Waals surface area contributed by atoms with Gasteiger partial charge in [-0.1, -0.05) is 18.1 Å². The summed E-state index contributed by atoms with van der Waals surface area (Å²) in [6.07, 6.45) is 2.74. The third kappa shape index (κ3) is 4.49. The maximum Gasteiger partial charge on any atom is 0.256 e. The number of hydrogen-bond donors (Lipinski definition) is 1. The Hall–Kier alpha value is -1.65. The highest BCUT2D eigenvalue weighted by Gasteiger charge is 2.29. The molecular weight excluding hydrogens is 491 g/mol. The molecule has 1 N–H and O–H groups in total. The Balaban J connectivity index is 1.91. The van der Waals surface area contributed by atoms with Crippen LogP contribution in [0.2, 0.25) is 0 Å². The number of carbonyl (C=O) groups excluding carboxylic acids is 1. The third-order valence-corrected chi connectivity index (χ3v) is 7.54. The van der Waals surface area contributed by atoms with Crippen molar-refractivity contribution in [2.45, 2.75) is 31.1 Å². The van der Waals surface area contributed by atoms with Gasteiger partial charge in [0.15, 0.2) is 0 Å². The first kappa shape index (κ1) is 21.1. The molecule has 2 aromatic carbocycles. The third-order valence-electron chi connectivity index (χ3n) is 4.72. The number of sulfonamides is 1. The van der Waals surface area contributed by atoms with Crippen LogP contribution in [0.4, 0.5) is 5.69 Å². The molecule has 0 spiro atoms. The molecule has 0 saturated carbocycles. The average Bonchev–Trinajstić information content (AvgIpc) is 2.68. The van der Waals surface area contributed by atoms with Crippen molar-refractivity contribution < 1.29 is 17.9 Å². The van der Waals surface area contributed by atoms with Crippen molar-refractivity contribution in [3.63, 3.8) is 0 Å². The first-order chi connectivity index (χ1) is 13.3. The lowest BCUT2D eigenvalue weighted by molar-refractivity contribution is 0.102. The van der Waals surface area contributed by atoms with Crippen LogP contribution in [0.5, 0.6) is 5.75 Å². The van der Waals surface area contributed by atoms with Crippen molar-refractivity contribution in [2.75, 3.05) is 25.5 Å². The SMILES string of the molecule is COc1ccc(NC(=O)c2ccc(C)cc2I)cc1S(=O)(=O)N1CCCCC1. The molecule has 150 valence electrons. The van der Waals surface area contributed by atoms with E-state index in [-0.39, 0.29) is 16.6 Å². The lowest BCUT2D eigenvalue weighted by atomic mass is 10.1. The van der Waals surface area contributed by atoms with Gasteiger partial charge in [0.25, 0.3) is 5.91 Å². The summed E-state index contributed by atoms with van der Waals surface area (Å²) < 4.78 is 33.8. The van der Waals surface area contributed by atoms with Crippen LogP contribution in [0, 0.1) is 10.5 Å². The fourth-order valence-electron chi connectivity index (χ4n) is 3.20. The number of anilines is 1. The van der Waals surface area contributed by atoms with Gasteiger partial charge in [0.1, 0.15) is 10.6 Å². The first-order valence-electron chi connectivity index (χ1n) is 9.08. The number of amides is 1. The Kier molecular flexibility index (Phi) is 6.61. The normalized spacial score (nSPS) is 15.2. The van der Waals surface area contributed by atoms with E-state index in [9.17, 15) is 13.2 Å².